The summed E-state index contributed by atoms with van der Waals surface area (Å²) in [5.41, 5.74) is 2.14. The number of rotatable bonds is 6. The van der Waals surface area contributed by atoms with Gasteiger partial charge >= 0.3 is 0 Å². The number of hydrogen-bond acceptors (Lipinski definition) is 5. The van der Waals surface area contributed by atoms with Crippen molar-refractivity contribution in [2.75, 3.05) is 37.4 Å². The summed E-state index contributed by atoms with van der Waals surface area (Å²) < 4.78 is 27.2. The summed E-state index contributed by atoms with van der Waals surface area (Å²) in [6.45, 7) is 2.06. The first kappa shape index (κ1) is 22.8. The molecule has 0 bridgehead atoms. The van der Waals surface area contributed by atoms with Gasteiger partial charge in [0.1, 0.15) is 0 Å². The Morgan fingerprint density at radius 1 is 0.968 bits per heavy atom. The maximum absolute atomic E-state index is 12.9. The van der Waals surface area contributed by atoms with Crippen molar-refractivity contribution in [3.05, 3.63) is 54.1 Å². The second kappa shape index (κ2) is 9.49. The Kier molecular flexibility index (Phi) is 6.97. The smallest absolute Gasteiger partial charge is 0.251 e. The summed E-state index contributed by atoms with van der Waals surface area (Å²) in [6, 6.07) is 13.4. The number of hydrogen-bond donors (Lipinski definition) is 2. The number of sulfonamides is 1. The van der Waals surface area contributed by atoms with Crippen LogP contribution in [0, 0.1) is 0 Å². The Labute approximate surface area is 183 Å². The molecule has 2 aromatic carbocycles. The van der Waals surface area contributed by atoms with Crippen LogP contribution >= 0.6 is 0 Å². The number of piperidine rings is 1. The van der Waals surface area contributed by atoms with Gasteiger partial charge in [0.2, 0.25) is 15.9 Å². The number of amides is 2. The standard InChI is InChI=1S/C22H28N4O4S/c1-16(27)23-18-6-10-21(11-7-18)31(29,30)26-14-12-19(13-15-26)24-22(28)17-4-8-20(9-5-17)25(2)3/h4-11,19H,12-15H2,1-3H3,(H,23,27)(H,24,28). The molecular formula is C22H28N4O4S. The molecule has 1 heterocycles. The van der Waals surface area contributed by atoms with E-state index in [1.165, 1.54) is 23.4 Å². The third-order valence-corrected chi connectivity index (χ3v) is 7.16. The first-order valence-corrected chi connectivity index (χ1v) is 11.6. The largest absolute Gasteiger partial charge is 0.378 e. The third kappa shape index (κ3) is 5.62. The summed E-state index contributed by atoms with van der Waals surface area (Å²) in [6.07, 6.45) is 1.09. The van der Waals surface area contributed by atoms with E-state index in [0.29, 0.717) is 37.2 Å². The minimum absolute atomic E-state index is 0.0744. The van der Waals surface area contributed by atoms with Gasteiger partial charge in [-0.25, -0.2) is 8.42 Å². The molecular weight excluding hydrogens is 416 g/mol. The fourth-order valence-corrected chi connectivity index (χ4v) is 4.95. The van der Waals surface area contributed by atoms with Crippen molar-refractivity contribution in [1.82, 2.24) is 9.62 Å². The van der Waals surface area contributed by atoms with E-state index in [9.17, 15) is 18.0 Å². The van der Waals surface area contributed by atoms with Crippen molar-refractivity contribution in [3.63, 3.8) is 0 Å². The van der Waals surface area contributed by atoms with E-state index < -0.39 is 10.0 Å². The summed E-state index contributed by atoms with van der Waals surface area (Å²) in [5, 5.41) is 5.63. The van der Waals surface area contributed by atoms with Gasteiger partial charge < -0.3 is 15.5 Å². The Bertz CT molecular complexity index is 1030. The number of carbonyl (C=O) groups excluding carboxylic acids is 2. The second-order valence-corrected chi connectivity index (χ2v) is 9.74. The first-order chi connectivity index (χ1) is 14.7. The molecule has 0 saturated carbocycles. The highest BCUT2D eigenvalue weighted by molar-refractivity contribution is 7.89. The summed E-state index contributed by atoms with van der Waals surface area (Å²) in [7, 11) is 0.257. The van der Waals surface area contributed by atoms with Gasteiger partial charge in [0.15, 0.2) is 0 Å². The molecule has 0 aromatic heterocycles. The highest BCUT2D eigenvalue weighted by Crippen LogP contribution is 2.22. The molecule has 1 aliphatic rings. The van der Waals surface area contributed by atoms with Crippen LogP contribution in [-0.2, 0) is 14.8 Å². The van der Waals surface area contributed by atoms with Gasteiger partial charge in [-0.1, -0.05) is 0 Å². The SMILES string of the molecule is CC(=O)Nc1ccc(S(=O)(=O)N2CCC(NC(=O)c3ccc(N(C)C)cc3)CC2)cc1. The number of benzene rings is 2. The zero-order valence-corrected chi connectivity index (χ0v) is 18.8. The highest BCUT2D eigenvalue weighted by atomic mass is 32.2. The van der Waals surface area contributed by atoms with E-state index in [1.54, 1.807) is 24.3 Å². The van der Waals surface area contributed by atoms with Crippen molar-refractivity contribution in [1.29, 1.82) is 0 Å². The van der Waals surface area contributed by atoms with Crippen molar-refractivity contribution in [2.24, 2.45) is 0 Å². The molecule has 2 aromatic rings. The molecule has 2 N–H and O–H groups in total. The number of anilines is 2. The lowest BCUT2D eigenvalue weighted by Crippen LogP contribution is -2.46. The van der Waals surface area contributed by atoms with Crippen LogP contribution in [-0.4, -0.2) is 57.8 Å². The molecule has 1 fully saturated rings. The van der Waals surface area contributed by atoms with Crippen molar-refractivity contribution >= 4 is 33.2 Å². The quantitative estimate of drug-likeness (QED) is 0.712. The van der Waals surface area contributed by atoms with Gasteiger partial charge in [-0.05, 0) is 61.4 Å². The highest BCUT2D eigenvalue weighted by Gasteiger charge is 2.30. The summed E-state index contributed by atoms with van der Waals surface area (Å²) >= 11 is 0. The Morgan fingerprint density at radius 3 is 2.06 bits per heavy atom. The minimum atomic E-state index is -3.62. The van der Waals surface area contributed by atoms with Crippen LogP contribution in [0.3, 0.4) is 0 Å². The van der Waals surface area contributed by atoms with E-state index in [1.807, 2.05) is 31.1 Å². The monoisotopic (exact) mass is 444 g/mol. The molecule has 1 saturated heterocycles. The second-order valence-electron chi connectivity index (χ2n) is 7.80. The van der Waals surface area contributed by atoms with Crippen LogP contribution in [0.4, 0.5) is 11.4 Å². The van der Waals surface area contributed by atoms with Gasteiger partial charge in [0.05, 0.1) is 4.90 Å². The Balaban J connectivity index is 1.57. The maximum Gasteiger partial charge on any atom is 0.251 e. The molecule has 166 valence electrons. The van der Waals surface area contributed by atoms with Crippen molar-refractivity contribution < 1.29 is 18.0 Å². The van der Waals surface area contributed by atoms with Gasteiger partial charge in [-0.15, -0.1) is 0 Å². The molecule has 8 nitrogen and oxygen atoms in total. The number of carbonyl (C=O) groups is 2. The molecule has 0 atom stereocenters. The van der Waals surface area contributed by atoms with E-state index in [-0.39, 0.29) is 22.8 Å². The van der Waals surface area contributed by atoms with Gasteiger partial charge in [0, 0.05) is 57.1 Å². The number of nitrogens with one attached hydrogen (secondary N) is 2. The average Bonchev–Trinajstić information content (AvgIpc) is 2.74. The predicted molar refractivity (Wildman–Crippen MR) is 121 cm³/mol. The molecule has 0 aliphatic carbocycles. The first-order valence-electron chi connectivity index (χ1n) is 10.1. The predicted octanol–water partition coefficient (Wildman–Crippen LogP) is 2.29. The summed E-state index contributed by atoms with van der Waals surface area (Å²) in [5.74, 6) is -0.367. The fraction of sp³-hybridized carbons (Fsp3) is 0.364. The lowest BCUT2D eigenvalue weighted by molar-refractivity contribution is -0.114. The molecule has 3 rings (SSSR count). The van der Waals surface area contributed by atoms with Gasteiger partial charge in [-0.2, -0.15) is 4.31 Å². The molecule has 0 unspecified atom stereocenters. The van der Waals surface area contributed by atoms with E-state index in [0.717, 1.165) is 5.69 Å². The maximum atomic E-state index is 12.9. The van der Waals surface area contributed by atoms with Crippen LogP contribution in [0.2, 0.25) is 0 Å². The lowest BCUT2D eigenvalue weighted by Gasteiger charge is -2.31. The van der Waals surface area contributed by atoms with Gasteiger partial charge in [-0.3, -0.25) is 9.59 Å². The zero-order chi connectivity index (χ0) is 22.6. The third-order valence-electron chi connectivity index (χ3n) is 5.25. The molecule has 31 heavy (non-hydrogen) atoms. The Morgan fingerprint density at radius 2 is 1.55 bits per heavy atom. The zero-order valence-electron chi connectivity index (χ0n) is 18.0. The van der Waals surface area contributed by atoms with Crippen LogP contribution < -0.4 is 15.5 Å². The molecule has 0 radical (unpaired) electrons. The fourth-order valence-electron chi connectivity index (χ4n) is 3.48. The van der Waals surface area contributed by atoms with E-state index in [2.05, 4.69) is 10.6 Å². The normalized spacial score (nSPS) is 15.3. The molecule has 9 heteroatoms. The van der Waals surface area contributed by atoms with Crippen LogP contribution in [0.1, 0.15) is 30.1 Å². The van der Waals surface area contributed by atoms with E-state index in [4.69, 9.17) is 0 Å². The molecule has 2 amide bonds. The average molecular weight is 445 g/mol. The summed E-state index contributed by atoms with van der Waals surface area (Å²) in [4.78, 5) is 25.8. The number of nitrogens with zero attached hydrogens (tertiary/aromatic N) is 2. The lowest BCUT2D eigenvalue weighted by atomic mass is 10.1. The van der Waals surface area contributed by atoms with E-state index >= 15 is 0 Å². The Hall–Kier alpha value is -2.91. The van der Waals surface area contributed by atoms with Crippen LogP contribution in [0.5, 0.6) is 0 Å². The van der Waals surface area contributed by atoms with Gasteiger partial charge in [0.25, 0.3) is 5.91 Å². The van der Waals surface area contributed by atoms with Crippen molar-refractivity contribution in [2.45, 2.75) is 30.7 Å². The van der Waals surface area contributed by atoms with Crippen LogP contribution in [0.15, 0.2) is 53.4 Å². The molecule has 0 spiro atoms. The van der Waals surface area contributed by atoms with Crippen LogP contribution in [0.25, 0.3) is 0 Å². The topological polar surface area (TPSA) is 98.8 Å². The van der Waals surface area contributed by atoms with Crippen molar-refractivity contribution in [3.8, 4) is 0 Å². The molecule has 1 aliphatic heterocycles. The minimum Gasteiger partial charge on any atom is -0.378 e.